The van der Waals surface area contributed by atoms with Gasteiger partial charge in [0.25, 0.3) is 0 Å². The minimum atomic E-state index is -0.515. The van der Waals surface area contributed by atoms with Crippen molar-refractivity contribution in [3.63, 3.8) is 0 Å². The molecule has 0 bridgehead atoms. The molecule has 24 heavy (non-hydrogen) atoms. The Kier molecular flexibility index (Phi) is 7.06. The molecule has 1 aromatic carbocycles. The number of piperidine rings is 1. The molecule has 2 atom stereocenters. The van der Waals surface area contributed by atoms with Crippen LogP contribution < -0.4 is 10.5 Å². The zero-order chi connectivity index (χ0) is 17.5. The Hall–Kier alpha value is -1.59. The van der Waals surface area contributed by atoms with Gasteiger partial charge in [-0.2, -0.15) is 0 Å². The molecule has 1 heterocycles. The molecule has 1 amide bonds. The van der Waals surface area contributed by atoms with E-state index in [2.05, 4.69) is 4.90 Å². The zero-order valence-electron chi connectivity index (χ0n) is 14.8. The molecule has 0 saturated carbocycles. The Bertz CT molecular complexity index is 527. The lowest BCUT2D eigenvalue weighted by atomic mass is 9.93. The predicted octanol–water partition coefficient (Wildman–Crippen LogP) is 2.02. The summed E-state index contributed by atoms with van der Waals surface area (Å²) in [5, 5.41) is 10.3. The summed E-state index contributed by atoms with van der Waals surface area (Å²) < 4.78 is 5.84. The van der Waals surface area contributed by atoms with Crippen molar-refractivity contribution in [3.05, 3.63) is 29.3 Å². The van der Waals surface area contributed by atoms with Gasteiger partial charge in [-0.05, 0) is 56.7 Å². The summed E-state index contributed by atoms with van der Waals surface area (Å²) in [5.41, 5.74) is 7.41. The van der Waals surface area contributed by atoms with E-state index in [0.717, 1.165) is 49.2 Å². The van der Waals surface area contributed by atoms with Gasteiger partial charge < -0.3 is 20.5 Å². The van der Waals surface area contributed by atoms with Gasteiger partial charge in [-0.1, -0.05) is 18.2 Å². The second-order valence-corrected chi connectivity index (χ2v) is 6.96. The molecular weight excluding hydrogens is 304 g/mol. The Balaban J connectivity index is 1.77. The number of aliphatic hydroxyl groups excluding tert-OH is 1. The molecule has 1 saturated heterocycles. The van der Waals surface area contributed by atoms with Gasteiger partial charge in [0.05, 0.1) is 0 Å². The number of carbonyl (C=O) groups is 1. The lowest BCUT2D eigenvalue weighted by molar-refractivity contribution is -0.118. The van der Waals surface area contributed by atoms with Crippen LogP contribution in [0.1, 0.15) is 36.8 Å². The first-order valence-electron chi connectivity index (χ1n) is 8.83. The predicted molar refractivity (Wildman–Crippen MR) is 95.0 cm³/mol. The van der Waals surface area contributed by atoms with E-state index in [0.29, 0.717) is 25.5 Å². The third-order valence-corrected chi connectivity index (χ3v) is 4.70. The van der Waals surface area contributed by atoms with E-state index in [1.807, 2.05) is 32.0 Å². The quantitative estimate of drug-likeness (QED) is 0.763. The number of aryl methyl sites for hydroxylation is 2. The smallest absolute Gasteiger partial charge is 0.217 e. The van der Waals surface area contributed by atoms with Gasteiger partial charge in [0, 0.05) is 19.5 Å². The molecule has 0 aromatic heterocycles. The van der Waals surface area contributed by atoms with E-state index in [4.69, 9.17) is 10.5 Å². The van der Waals surface area contributed by atoms with Crippen LogP contribution >= 0.6 is 0 Å². The average molecular weight is 334 g/mol. The number of nitrogens with two attached hydrogens (primary N) is 1. The molecular formula is C19H30N2O3. The summed E-state index contributed by atoms with van der Waals surface area (Å²) in [6.07, 6.45) is 3.03. The first-order chi connectivity index (χ1) is 11.5. The van der Waals surface area contributed by atoms with Crippen LogP contribution in [0.4, 0.5) is 0 Å². The summed E-state index contributed by atoms with van der Waals surface area (Å²) in [7, 11) is 0. The highest BCUT2D eigenvalue weighted by atomic mass is 16.5. The Labute approximate surface area is 144 Å². The van der Waals surface area contributed by atoms with E-state index in [9.17, 15) is 9.90 Å². The summed E-state index contributed by atoms with van der Waals surface area (Å²) in [6, 6.07) is 6.04. The van der Waals surface area contributed by atoms with E-state index in [-0.39, 0.29) is 5.91 Å². The maximum Gasteiger partial charge on any atom is 0.217 e. The van der Waals surface area contributed by atoms with Crippen LogP contribution in [0.3, 0.4) is 0 Å². The molecule has 0 aliphatic carbocycles. The average Bonchev–Trinajstić information content (AvgIpc) is 2.53. The van der Waals surface area contributed by atoms with Gasteiger partial charge in [0.2, 0.25) is 5.91 Å². The van der Waals surface area contributed by atoms with Crippen LogP contribution in [-0.4, -0.2) is 48.3 Å². The molecule has 5 nitrogen and oxygen atoms in total. The molecule has 1 fully saturated rings. The fraction of sp³-hybridized carbons (Fsp3) is 0.632. The molecule has 5 heteroatoms. The molecule has 134 valence electrons. The lowest BCUT2D eigenvalue weighted by Crippen LogP contribution is -2.42. The van der Waals surface area contributed by atoms with E-state index in [1.165, 1.54) is 0 Å². The van der Waals surface area contributed by atoms with Crippen LogP contribution in [0.15, 0.2) is 18.2 Å². The summed E-state index contributed by atoms with van der Waals surface area (Å²) >= 11 is 0. The monoisotopic (exact) mass is 334 g/mol. The van der Waals surface area contributed by atoms with Crippen LogP contribution in [0.25, 0.3) is 0 Å². The minimum absolute atomic E-state index is 0.228. The third-order valence-electron chi connectivity index (χ3n) is 4.70. The van der Waals surface area contributed by atoms with Crippen LogP contribution in [0.2, 0.25) is 0 Å². The fourth-order valence-corrected chi connectivity index (χ4v) is 3.46. The summed E-state index contributed by atoms with van der Waals surface area (Å²) in [5.74, 6) is 1.14. The number of nitrogens with zero attached hydrogens (tertiary/aromatic N) is 1. The van der Waals surface area contributed by atoms with Crippen molar-refractivity contribution < 1.29 is 14.6 Å². The number of rotatable bonds is 8. The second kappa shape index (κ2) is 9.04. The number of aliphatic hydroxyl groups is 1. The summed E-state index contributed by atoms with van der Waals surface area (Å²) in [6.45, 7) is 6.86. The maximum atomic E-state index is 10.9. The van der Waals surface area contributed by atoms with Crippen molar-refractivity contribution >= 4 is 5.91 Å². The highest BCUT2D eigenvalue weighted by Gasteiger charge is 2.22. The van der Waals surface area contributed by atoms with Crippen molar-refractivity contribution in [3.8, 4) is 5.75 Å². The highest BCUT2D eigenvalue weighted by molar-refractivity contribution is 5.73. The van der Waals surface area contributed by atoms with Crippen molar-refractivity contribution in [1.29, 1.82) is 0 Å². The first kappa shape index (κ1) is 18.7. The van der Waals surface area contributed by atoms with Gasteiger partial charge in [0.1, 0.15) is 18.5 Å². The Morgan fingerprint density at radius 3 is 2.79 bits per heavy atom. The van der Waals surface area contributed by atoms with Crippen LogP contribution in [0, 0.1) is 19.8 Å². The fourth-order valence-electron chi connectivity index (χ4n) is 3.46. The number of carbonyl (C=O) groups excluding carboxylic acids is 1. The maximum absolute atomic E-state index is 10.9. The molecule has 3 N–H and O–H groups in total. The minimum Gasteiger partial charge on any atom is -0.490 e. The van der Waals surface area contributed by atoms with Gasteiger partial charge in [0.15, 0.2) is 0 Å². The van der Waals surface area contributed by atoms with Crippen molar-refractivity contribution in [2.75, 3.05) is 26.2 Å². The number of likely N-dealkylation sites (tertiary alicyclic amines) is 1. The normalized spacial score (nSPS) is 19.9. The van der Waals surface area contributed by atoms with Gasteiger partial charge in [-0.15, -0.1) is 0 Å². The van der Waals surface area contributed by atoms with E-state index in [1.54, 1.807) is 0 Å². The van der Waals surface area contributed by atoms with Gasteiger partial charge in [-0.25, -0.2) is 0 Å². The molecule has 2 unspecified atom stereocenters. The number of benzene rings is 1. The number of primary amides is 1. The third kappa shape index (κ3) is 5.80. The van der Waals surface area contributed by atoms with Crippen molar-refractivity contribution in [1.82, 2.24) is 4.90 Å². The molecule has 1 aliphatic rings. The van der Waals surface area contributed by atoms with Crippen LogP contribution in [0.5, 0.6) is 5.75 Å². The SMILES string of the molecule is Cc1cccc(C)c1OCC(O)CN1CCCC(CCC(N)=O)C1. The molecule has 2 rings (SSSR count). The van der Waals surface area contributed by atoms with E-state index >= 15 is 0 Å². The van der Waals surface area contributed by atoms with Gasteiger partial charge in [-0.3, -0.25) is 4.79 Å². The zero-order valence-corrected chi connectivity index (χ0v) is 14.8. The number of amides is 1. The molecule has 1 aliphatic heterocycles. The largest absolute Gasteiger partial charge is 0.490 e. The van der Waals surface area contributed by atoms with Crippen LogP contribution in [-0.2, 0) is 4.79 Å². The highest BCUT2D eigenvalue weighted by Crippen LogP contribution is 2.23. The molecule has 0 radical (unpaired) electrons. The topological polar surface area (TPSA) is 75.8 Å². The Morgan fingerprint density at radius 1 is 1.42 bits per heavy atom. The molecule has 1 aromatic rings. The Morgan fingerprint density at radius 2 is 2.12 bits per heavy atom. The van der Waals surface area contributed by atoms with E-state index < -0.39 is 6.10 Å². The number of hydrogen-bond acceptors (Lipinski definition) is 4. The van der Waals surface area contributed by atoms with Crippen molar-refractivity contribution in [2.45, 2.75) is 45.6 Å². The number of hydrogen-bond donors (Lipinski definition) is 2. The summed E-state index contributed by atoms with van der Waals surface area (Å²) in [4.78, 5) is 13.2. The van der Waals surface area contributed by atoms with Crippen molar-refractivity contribution in [2.24, 2.45) is 11.7 Å². The second-order valence-electron chi connectivity index (χ2n) is 6.96. The standard InChI is InChI=1S/C19H30N2O3/c1-14-5-3-6-15(2)19(14)24-13-17(22)12-21-10-4-7-16(11-21)8-9-18(20)23/h3,5-6,16-17,22H,4,7-13H2,1-2H3,(H2,20,23). The molecule has 0 spiro atoms. The number of β-amino-alcohol motifs (C(OH)–C–C–N with tert-alkyl or cyclic N) is 1. The number of para-hydroxylation sites is 1. The number of ether oxygens (including phenoxy) is 1. The van der Waals surface area contributed by atoms with Gasteiger partial charge >= 0.3 is 0 Å². The first-order valence-corrected chi connectivity index (χ1v) is 8.83. The lowest BCUT2D eigenvalue weighted by Gasteiger charge is -2.33.